The van der Waals surface area contributed by atoms with Crippen LogP contribution in [0.3, 0.4) is 0 Å². The number of anilines is 3. The van der Waals surface area contributed by atoms with Crippen LogP contribution in [0.1, 0.15) is 64.4 Å². The number of nitrogens with zero attached hydrogens (tertiary/aromatic N) is 7. The molecule has 2 aromatic heterocycles. The number of aryl methyl sites for hydroxylation is 2. The largest absolute Gasteiger partial charge is 0.416 e. The predicted octanol–water partition coefficient (Wildman–Crippen LogP) is 8.23. The topological polar surface area (TPSA) is 103 Å². The lowest BCUT2D eigenvalue weighted by molar-refractivity contribution is -0.137. The summed E-state index contributed by atoms with van der Waals surface area (Å²) in [5, 5.41) is 12.1. The fourth-order valence-electron chi connectivity index (χ4n) is 4.55. The molecule has 0 spiro atoms. The third kappa shape index (κ3) is 16.6. The van der Waals surface area contributed by atoms with Gasteiger partial charge in [0.05, 0.1) is 17.0 Å². The Bertz CT molecular complexity index is 1560. The number of halogens is 3. The van der Waals surface area contributed by atoms with E-state index in [1.165, 1.54) is 60.5 Å². The summed E-state index contributed by atoms with van der Waals surface area (Å²) in [6.45, 7) is 19.1. The molecule has 0 radical (unpaired) electrons. The summed E-state index contributed by atoms with van der Waals surface area (Å²) in [5.74, 6) is 0.872. The smallest absolute Gasteiger partial charge is 0.328 e. The highest BCUT2D eigenvalue weighted by Crippen LogP contribution is 2.30. The fraction of sp³-hybridized carbons (Fsp3) is 0.457. The van der Waals surface area contributed by atoms with Crippen LogP contribution >= 0.6 is 11.5 Å². The molecular formula is C35H52F3N9OS. The van der Waals surface area contributed by atoms with E-state index in [4.69, 9.17) is 0 Å². The van der Waals surface area contributed by atoms with Crippen molar-refractivity contribution in [3.05, 3.63) is 84.0 Å². The van der Waals surface area contributed by atoms with E-state index in [9.17, 15) is 18.0 Å². The van der Waals surface area contributed by atoms with E-state index in [2.05, 4.69) is 69.5 Å². The van der Waals surface area contributed by atoms with Crippen molar-refractivity contribution in [2.24, 2.45) is 16.0 Å². The summed E-state index contributed by atoms with van der Waals surface area (Å²) in [5.41, 5.74) is 1.37. The first-order valence-corrected chi connectivity index (χ1v) is 17.0. The summed E-state index contributed by atoms with van der Waals surface area (Å²) in [6.07, 6.45) is 6.29. The number of aromatic nitrogens is 3. The third-order valence-electron chi connectivity index (χ3n) is 6.28. The molecule has 10 nitrogen and oxygen atoms in total. The molecule has 2 heterocycles. The SMILES string of the molecule is C=CN=c1c(Nc2cc(C)ns2)nc(C)cn1C/C=C/N(CC(=O)Nc1cccc(C(F)(F)F)c1)/N=C\C.CC.CCCC(C)CN(C)C. The first kappa shape index (κ1) is 42.7. The molecule has 3 rings (SSSR count). The number of hydrogen-bond acceptors (Lipinski definition) is 9. The lowest BCUT2D eigenvalue weighted by atomic mass is 10.1. The minimum absolute atomic E-state index is 0.0453. The molecule has 0 aliphatic carbocycles. The van der Waals surface area contributed by atoms with Crippen LogP contribution in [0.15, 0.2) is 71.7 Å². The highest BCUT2D eigenvalue weighted by Gasteiger charge is 2.30. The molecule has 49 heavy (non-hydrogen) atoms. The third-order valence-corrected chi connectivity index (χ3v) is 7.07. The monoisotopic (exact) mass is 703 g/mol. The quantitative estimate of drug-likeness (QED) is 0.130. The zero-order valence-electron chi connectivity index (χ0n) is 30.2. The van der Waals surface area contributed by atoms with Gasteiger partial charge in [-0.15, -0.1) is 0 Å². The van der Waals surface area contributed by atoms with E-state index in [1.807, 2.05) is 44.5 Å². The summed E-state index contributed by atoms with van der Waals surface area (Å²) in [6, 6.07) is 6.35. The maximum Gasteiger partial charge on any atom is 0.416 e. The highest BCUT2D eigenvalue weighted by molar-refractivity contribution is 7.10. The molecule has 1 amide bonds. The first-order valence-electron chi connectivity index (χ1n) is 16.2. The van der Waals surface area contributed by atoms with Gasteiger partial charge in [-0.1, -0.05) is 46.8 Å². The van der Waals surface area contributed by atoms with Crippen LogP contribution in [0.25, 0.3) is 0 Å². The van der Waals surface area contributed by atoms with Gasteiger partial charge in [0.1, 0.15) is 11.5 Å². The summed E-state index contributed by atoms with van der Waals surface area (Å²) >= 11 is 1.31. The molecule has 0 aliphatic heterocycles. The molecule has 0 saturated carbocycles. The number of allylic oxidation sites excluding steroid dienone is 1. The van der Waals surface area contributed by atoms with E-state index in [0.717, 1.165) is 34.4 Å². The first-order chi connectivity index (χ1) is 23.2. The number of hydrazone groups is 1. The summed E-state index contributed by atoms with van der Waals surface area (Å²) in [4.78, 5) is 23.7. The molecule has 0 fully saturated rings. The van der Waals surface area contributed by atoms with Gasteiger partial charge in [0.2, 0.25) is 5.91 Å². The van der Waals surface area contributed by atoms with Crippen molar-refractivity contribution in [3.8, 4) is 0 Å². The molecule has 1 aromatic carbocycles. The van der Waals surface area contributed by atoms with Crippen LogP contribution in [0.2, 0.25) is 0 Å². The summed E-state index contributed by atoms with van der Waals surface area (Å²) < 4.78 is 45.0. The average molecular weight is 704 g/mol. The number of alkyl halides is 3. The van der Waals surface area contributed by atoms with E-state index in [-0.39, 0.29) is 12.2 Å². The van der Waals surface area contributed by atoms with Crippen LogP contribution < -0.4 is 16.1 Å². The normalized spacial score (nSPS) is 12.3. The maximum absolute atomic E-state index is 13.0. The molecule has 1 atom stereocenters. The molecule has 3 aromatic rings. The second-order valence-corrected chi connectivity index (χ2v) is 11.9. The van der Waals surface area contributed by atoms with Crippen LogP contribution in [0.4, 0.5) is 29.7 Å². The molecule has 2 N–H and O–H groups in total. The van der Waals surface area contributed by atoms with Gasteiger partial charge < -0.3 is 20.1 Å². The standard InChI is InChI=1S/C25H27F3N8OS.C8H19N.C2H6/c1-5-29-24-23(33-22-13-17(3)34-38-22)31-18(4)15-35(24)11-8-12-36(30-6-2)16-21(37)32-20-10-7-9-19(14-20)25(26,27)28;1-5-6-8(2)7-9(3)4;1-2/h5-10,12-15H,1,11,16H2,2-4H3,(H,31,33)(H,32,37);8H,5-7H2,1-4H3;1-2H3/b12-8+,29-24?,30-6-;;. The lowest BCUT2D eigenvalue weighted by Gasteiger charge is -2.15. The molecule has 14 heteroatoms. The Morgan fingerprint density at radius 1 is 1.18 bits per heavy atom. The van der Waals surface area contributed by atoms with Gasteiger partial charge in [0.15, 0.2) is 11.3 Å². The number of carbonyl (C=O) groups is 1. The van der Waals surface area contributed by atoms with E-state index in [0.29, 0.717) is 17.9 Å². The van der Waals surface area contributed by atoms with Crippen molar-refractivity contribution >= 4 is 40.2 Å². The Balaban J connectivity index is 0.000000945. The lowest BCUT2D eigenvalue weighted by Crippen LogP contribution is -2.27. The van der Waals surface area contributed by atoms with Gasteiger partial charge in [-0.3, -0.25) is 9.80 Å². The van der Waals surface area contributed by atoms with Gasteiger partial charge in [-0.2, -0.15) is 22.6 Å². The van der Waals surface area contributed by atoms with Crippen molar-refractivity contribution in [2.75, 3.05) is 37.8 Å². The van der Waals surface area contributed by atoms with Crippen molar-refractivity contribution in [1.82, 2.24) is 23.8 Å². The Morgan fingerprint density at radius 3 is 2.47 bits per heavy atom. The Hall–Kier alpha value is -4.30. The molecule has 1 unspecified atom stereocenters. The Labute approximate surface area is 293 Å². The Kier molecular flexibility index (Phi) is 19.5. The molecular weight excluding hydrogens is 652 g/mol. The number of amides is 1. The van der Waals surface area contributed by atoms with Gasteiger partial charge in [-0.25, -0.2) is 9.98 Å². The van der Waals surface area contributed by atoms with Crippen molar-refractivity contribution in [3.63, 3.8) is 0 Å². The van der Waals surface area contributed by atoms with Crippen LogP contribution in [0, 0.1) is 19.8 Å². The van der Waals surface area contributed by atoms with Gasteiger partial charge >= 0.3 is 6.18 Å². The van der Waals surface area contributed by atoms with Crippen LogP contribution in [0.5, 0.6) is 0 Å². The van der Waals surface area contributed by atoms with Crippen molar-refractivity contribution in [1.29, 1.82) is 0 Å². The highest BCUT2D eigenvalue weighted by atomic mass is 32.1. The number of nitrogens with one attached hydrogen (secondary N) is 2. The van der Waals surface area contributed by atoms with E-state index in [1.54, 1.807) is 19.2 Å². The molecule has 0 aliphatic rings. The maximum atomic E-state index is 13.0. The average Bonchev–Trinajstić information content (AvgIpc) is 3.43. The second kappa shape index (κ2) is 22.4. The van der Waals surface area contributed by atoms with E-state index < -0.39 is 17.6 Å². The van der Waals surface area contributed by atoms with Gasteiger partial charge in [0.25, 0.3) is 0 Å². The Morgan fingerprint density at radius 2 is 1.90 bits per heavy atom. The van der Waals surface area contributed by atoms with Gasteiger partial charge in [-0.05, 0) is 89.1 Å². The van der Waals surface area contributed by atoms with Crippen molar-refractivity contribution in [2.45, 2.75) is 74.0 Å². The number of rotatable bonds is 14. The fourth-order valence-corrected chi connectivity index (χ4v) is 5.21. The molecule has 270 valence electrons. The predicted molar refractivity (Wildman–Crippen MR) is 197 cm³/mol. The summed E-state index contributed by atoms with van der Waals surface area (Å²) in [7, 11) is 4.26. The number of hydrogen-bond donors (Lipinski definition) is 2. The van der Waals surface area contributed by atoms with Crippen LogP contribution in [-0.4, -0.2) is 63.1 Å². The van der Waals surface area contributed by atoms with Crippen molar-refractivity contribution < 1.29 is 18.0 Å². The molecule has 0 bridgehead atoms. The number of carbonyl (C=O) groups excluding carboxylic acids is 1. The van der Waals surface area contributed by atoms with Crippen LogP contribution in [-0.2, 0) is 17.5 Å². The minimum atomic E-state index is -4.50. The van der Waals surface area contributed by atoms with Gasteiger partial charge in [0, 0.05) is 43.6 Å². The minimum Gasteiger partial charge on any atom is -0.328 e. The zero-order chi connectivity index (χ0) is 37.0. The zero-order valence-corrected chi connectivity index (χ0v) is 31.0. The second-order valence-electron chi connectivity index (χ2n) is 11.1. The molecule has 0 saturated heterocycles. The number of benzene rings is 1. The van der Waals surface area contributed by atoms with E-state index >= 15 is 0 Å².